The standard InChI is InChI=1S/C24H22N4O4S2/c1-15-21(23(31)28(26(15)2)17-7-5-4-6-8-17)25-20(29)14-27-22(30)19(34-24(27)33)13-16-9-11-18(32-3)12-10-16/h4-13H,14H2,1-3H3,(H,25,29)/b19-13-. The van der Waals surface area contributed by atoms with Gasteiger partial charge in [-0.15, -0.1) is 0 Å². The number of hydrogen-bond acceptors (Lipinski definition) is 6. The van der Waals surface area contributed by atoms with Crippen molar-refractivity contribution in [3.05, 3.63) is 81.1 Å². The van der Waals surface area contributed by atoms with Crippen LogP contribution in [0, 0.1) is 6.92 Å². The van der Waals surface area contributed by atoms with E-state index in [0.717, 1.165) is 17.3 Å². The third-order valence-electron chi connectivity index (χ3n) is 5.41. The summed E-state index contributed by atoms with van der Waals surface area (Å²) in [7, 11) is 3.32. The van der Waals surface area contributed by atoms with Crippen LogP contribution in [0.3, 0.4) is 0 Å². The lowest BCUT2D eigenvalue weighted by molar-refractivity contribution is -0.126. The van der Waals surface area contributed by atoms with Crippen molar-refractivity contribution in [2.45, 2.75) is 6.92 Å². The van der Waals surface area contributed by atoms with Crippen molar-refractivity contribution in [1.29, 1.82) is 0 Å². The molecule has 1 aliphatic rings. The number of anilines is 1. The van der Waals surface area contributed by atoms with E-state index >= 15 is 0 Å². The first-order valence-electron chi connectivity index (χ1n) is 10.3. The van der Waals surface area contributed by atoms with Crippen LogP contribution in [0.25, 0.3) is 11.8 Å². The van der Waals surface area contributed by atoms with Gasteiger partial charge in [-0.25, -0.2) is 4.68 Å². The summed E-state index contributed by atoms with van der Waals surface area (Å²) in [6.45, 7) is 1.46. The Morgan fingerprint density at radius 1 is 1.12 bits per heavy atom. The van der Waals surface area contributed by atoms with Crippen molar-refractivity contribution in [3.63, 3.8) is 0 Å². The fourth-order valence-electron chi connectivity index (χ4n) is 3.52. The lowest BCUT2D eigenvalue weighted by Crippen LogP contribution is -2.37. The molecule has 3 aromatic rings. The lowest BCUT2D eigenvalue weighted by Gasteiger charge is -2.13. The molecule has 0 unspecified atom stereocenters. The van der Waals surface area contributed by atoms with Crippen LogP contribution >= 0.6 is 24.0 Å². The Morgan fingerprint density at radius 2 is 1.79 bits per heavy atom. The first-order valence-corrected chi connectivity index (χ1v) is 11.6. The minimum Gasteiger partial charge on any atom is -0.497 e. The molecular formula is C24H22N4O4S2. The first kappa shape index (κ1) is 23.5. The van der Waals surface area contributed by atoms with Crippen LogP contribution in [-0.2, 0) is 16.6 Å². The van der Waals surface area contributed by atoms with Gasteiger partial charge in [0.25, 0.3) is 11.5 Å². The van der Waals surface area contributed by atoms with E-state index in [1.165, 1.54) is 9.58 Å². The maximum atomic E-state index is 13.0. The minimum atomic E-state index is -0.506. The van der Waals surface area contributed by atoms with Gasteiger partial charge in [-0.1, -0.05) is 54.3 Å². The molecule has 1 aliphatic heterocycles. The quantitative estimate of drug-likeness (QED) is 0.418. The number of carbonyl (C=O) groups is 2. The van der Waals surface area contributed by atoms with Gasteiger partial charge < -0.3 is 10.1 Å². The number of amides is 2. The van der Waals surface area contributed by atoms with E-state index in [1.54, 1.807) is 44.0 Å². The zero-order chi connectivity index (χ0) is 24.4. The van der Waals surface area contributed by atoms with Crippen molar-refractivity contribution < 1.29 is 14.3 Å². The molecule has 8 nitrogen and oxygen atoms in total. The molecule has 0 spiro atoms. The molecule has 1 fully saturated rings. The van der Waals surface area contributed by atoms with Crippen LogP contribution in [0.5, 0.6) is 5.75 Å². The number of benzene rings is 2. The Balaban J connectivity index is 1.50. The predicted octanol–water partition coefficient (Wildman–Crippen LogP) is 3.33. The van der Waals surface area contributed by atoms with Gasteiger partial charge in [0.2, 0.25) is 5.91 Å². The minimum absolute atomic E-state index is 0.163. The molecule has 34 heavy (non-hydrogen) atoms. The van der Waals surface area contributed by atoms with Gasteiger partial charge in [0, 0.05) is 7.05 Å². The van der Waals surface area contributed by atoms with Crippen molar-refractivity contribution in [3.8, 4) is 11.4 Å². The molecule has 0 atom stereocenters. The van der Waals surface area contributed by atoms with Gasteiger partial charge >= 0.3 is 0 Å². The molecule has 1 aromatic heterocycles. The van der Waals surface area contributed by atoms with Crippen LogP contribution in [-0.4, -0.2) is 44.1 Å². The van der Waals surface area contributed by atoms with Crippen molar-refractivity contribution >= 4 is 51.9 Å². The molecule has 0 aliphatic carbocycles. The highest BCUT2D eigenvalue weighted by molar-refractivity contribution is 8.26. The number of aromatic nitrogens is 2. The maximum absolute atomic E-state index is 13.0. The van der Waals surface area contributed by atoms with E-state index in [-0.39, 0.29) is 28.0 Å². The Bertz CT molecular complexity index is 1360. The topological polar surface area (TPSA) is 85.6 Å². The largest absolute Gasteiger partial charge is 0.497 e. The van der Waals surface area contributed by atoms with Crippen molar-refractivity contribution in [2.24, 2.45) is 7.05 Å². The van der Waals surface area contributed by atoms with Gasteiger partial charge in [0.1, 0.15) is 22.3 Å². The zero-order valence-electron chi connectivity index (χ0n) is 18.8. The fraction of sp³-hybridized carbons (Fsp3) is 0.167. The number of rotatable bonds is 6. The fourth-order valence-corrected chi connectivity index (χ4v) is 4.78. The molecule has 2 aromatic carbocycles. The molecule has 2 amide bonds. The summed E-state index contributed by atoms with van der Waals surface area (Å²) in [5, 5.41) is 2.67. The van der Waals surface area contributed by atoms with E-state index < -0.39 is 5.91 Å². The number of hydrogen-bond donors (Lipinski definition) is 1. The summed E-state index contributed by atoms with van der Waals surface area (Å²) in [5.41, 5.74) is 1.89. The molecule has 2 heterocycles. The van der Waals surface area contributed by atoms with Gasteiger partial charge in [0.15, 0.2) is 0 Å². The maximum Gasteiger partial charge on any atom is 0.295 e. The molecule has 1 N–H and O–H groups in total. The number of methoxy groups -OCH3 is 1. The normalized spacial score (nSPS) is 14.7. The summed E-state index contributed by atoms with van der Waals surface area (Å²) >= 11 is 6.46. The second-order valence-electron chi connectivity index (χ2n) is 7.53. The first-order chi connectivity index (χ1) is 16.3. The number of ether oxygens (including phenoxy) is 1. The Hall–Kier alpha value is -3.63. The molecule has 0 radical (unpaired) electrons. The highest BCUT2D eigenvalue weighted by Gasteiger charge is 2.33. The van der Waals surface area contributed by atoms with Crippen LogP contribution < -0.4 is 15.6 Å². The number of nitrogens with one attached hydrogen (secondary N) is 1. The summed E-state index contributed by atoms with van der Waals surface area (Å²) in [6.07, 6.45) is 1.72. The van der Waals surface area contributed by atoms with E-state index in [2.05, 4.69) is 5.32 Å². The van der Waals surface area contributed by atoms with Crippen LogP contribution in [0.15, 0.2) is 64.3 Å². The predicted molar refractivity (Wildman–Crippen MR) is 137 cm³/mol. The third-order valence-corrected chi connectivity index (χ3v) is 6.79. The molecule has 0 saturated carbocycles. The lowest BCUT2D eigenvalue weighted by atomic mass is 10.2. The van der Waals surface area contributed by atoms with Gasteiger partial charge in [-0.2, -0.15) is 0 Å². The second-order valence-corrected chi connectivity index (χ2v) is 9.20. The van der Waals surface area contributed by atoms with E-state index in [0.29, 0.717) is 22.0 Å². The average molecular weight is 495 g/mol. The van der Waals surface area contributed by atoms with Gasteiger partial charge in [-0.05, 0) is 42.8 Å². The van der Waals surface area contributed by atoms with Crippen LogP contribution in [0.4, 0.5) is 5.69 Å². The highest BCUT2D eigenvalue weighted by atomic mass is 32.2. The third kappa shape index (κ3) is 4.55. The average Bonchev–Trinajstić information content (AvgIpc) is 3.21. The van der Waals surface area contributed by atoms with E-state index in [9.17, 15) is 14.4 Å². The number of nitrogens with zero attached hydrogens (tertiary/aromatic N) is 3. The summed E-state index contributed by atoms with van der Waals surface area (Å²) in [6, 6.07) is 16.4. The SMILES string of the molecule is COc1ccc(/C=C2\SC(=S)N(CC(=O)Nc3c(C)n(C)n(-c4ccccc4)c3=O)C2=O)cc1. The molecule has 1 saturated heterocycles. The monoisotopic (exact) mass is 494 g/mol. The van der Waals surface area contributed by atoms with Crippen molar-refractivity contribution in [1.82, 2.24) is 14.3 Å². The number of thiocarbonyl (C=S) groups is 1. The van der Waals surface area contributed by atoms with Gasteiger partial charge in [0.05, 0.1) is 23.4 Å². The van der Waals surface area contributed by atoms with Crippen LogP contribution in [0.1, 0.15) is 11.3 Å². The second kappa shape index (κ2) is 9.70. The molecular weight excluding hydrogens is 472 g/mol. The summed E-state index contributed by atoms with van der Waals surface area (Å²) in [4.78, 5) is 40.3. The number of thioether (sulfide) groups is 1. The summed E-state index contributed by atoms with van der Waals surface area (Å²) in [5.74, 6) is -0.149. The van der Waals surface area contributed by atoms with E-state index in [4.69, 9.17) is 17.0 Å². The Kier molecular flexibility index (Phi) is 6.71. The molecule has 0 bridgehead atoms. The molecule has 4 rings (SSSR count). The smallest absolute Gasteiger partial charge is 0.295 e. The molecule has 174 valence electrons. The summed E-state index contributed by atoms with van der Waals surface area (Å²) < 4.78 is 8.58. The number of carbonyl (C=O) groups excluding carboxylic acids is 2. The van der Waals surface area contributed by atoms with Gasteiger partial charge in [-0.3, -0.25) is 24.0 Å². The Morgan fingerprint density at radius 3 is 2.44 bits per heavy atom. The van der Waals surface area contributed by atoms with E-state index in [1.807, 2.05) is 42.5 Å². The molecule has 10 heteroatoms. The zero-order valence-corrected chi connectivity index (χ0v) is 20.4. The Labute approximate surface area is 205 Å². The van der Waals surface area contributed by atoms with Crippen LogP contribution in [0.2, 0.25) is 0 Å². The van der Waals surface area contributed by atoms with Crippen molar-refractivity contribution in [2.75, 3.05) is 19.0 Å². The number of para-hydroxylation sites is 1. The highest BCUT2D eigenvalue weighted by Crippen LogP contribution is 2.32.